The minimum Gasteiger partial charge on any atom is -0.493 e. The quantitative estimate of drug-likeness (QED) is 0.874. The van der Waals surface area contributed by atoms with E-state index in [9.17, 15) is 8.42 Å². The molecule has 0 bridgehead atoms. The number of sulfonamides is 1. The Balaban J connectivity index is 2.57. The van der Waals surface area contributed by atoms with Crippen molar-refractivity contribution in [3.05, 3.63) is 23.3 Å². The van der Waals surface area contributed by atoms with E-state index in [1.54, 1.807) is 19.1 Å². The molecule has 0 spiro atoms. The van der Waals surface area contributed by atoms with E-state index >= 15 is 0 Å². The van der Waals surface area contributed by atoms with E-state index in [-0.39, 0.29) is 10.9 Å². The van der Waals surface area contributed by atoms with Gasteiger partial charge < -0.3 is 10.5 Å². The van der Waals surface area contributed by atoms with Crippen LogP contribution in [-0.2, 0) is 16.4 Å². The molecule has 0 saturated heterocycles. The van der Waals surface area contributed by atoms with E-state index in [0.29, 0.717) is 26.0 Å². The third kappa shape index (κ3) is 2.75. The lowest BCUT2D eigenvalue weighted by Gasteiger charge is -2.26. The highest BCUT2D eigenvalue weighted by molar-refractivity contribution is 7.89. The monoisotopic (exact) mass is 284 g/mol. The summed E-state index contributed by atoms with van der Waals surface area (Å²) < 4.78 is 32.4. The maximum absolute atomic E-state index is 12.1. The lowest BCUT2D eigenvalue weighted by atomic mass is 9.97. The standard InChI is InChI=1S/C13H20N2O3S/c1-3-9-7-10(19(16,17)15-4-2)8-11-12(14)5-6-18-13(9)11/h7-8,12,15H,3-6,14H2,1-2H3. The molecule has 5 nitrogen and oxygen atoms in total. The van der Waals surface area contributed by atoms with Crippen molar-refractivity contribution >= 4 is 10.0 Å². The van der Waals surface area contributed by atoms with Gasteiger partial charge in [0.05, 0.1) is 11.5 Å². The fraction of sp³-hybridized carbons (Fsp3) is 0.538. The van der Waals surface area contributed by atoms with Crippen molar-refractivity contribution < 1.29 is 13.2 Å². The maximum Gasteiger partial charge on any atom is 0.240 e. The van der Waals surface area contributed by atoms with E-state index in [1.807, 2.05) is 6.92 Å². The molecule has 1 aromatic carbocycles. The highest BCUT2D eigenvalue weighted by atomic mass is 32.2. The largest absolute Gasteiger partial charge is 0.493 e. The molecule has 1 aromatic rings. The molecule has 0 aromatic heterocycles. The summed E-state index contributed by atoms with van der Waals surface area (Å²) in [7, 11) is -3.46. The number of hydrogen-bond acceptors (Lipinski definition) is 4. The van der Waals surface area contributed by atoms with Crippen LogP contribution < -0.4 is 15.2 Å². The average Bonchev–Trinajstić information content (AvgIpc) is 2.38. The summed E-state index contributed by atoms with van der Waals surface area (Å²) in [6.45, 7) is 4.68. The Kier molecular flexibility index (Phi) is 4.13. The number of ether oxygens (including phenoxy) is 1. The molecule has 19 heavy (non-hydrogen) atoms. The van der Waals surface area contributed by atoms with Gasteiger partial charge in [-0.1, -0.05) is 13.8 Å². The third-order valence-corrected chi connectivity index (χ3v) is 4.79. The second-order valence-electron chi connectivity index (χ2n) is 4.60. The van der Waals surface area contributed by atoms with Gasteiger partial charge in [-0.15, -0.1) is 0 Å². The number of nitrogens with two attached hydrogens (primary N) is 1. The first-order valence-electron chi connectivity index (χ1n) is 6.54. The first-order chi connectivity index (χ1) is 8.99. The number of rotatable bonds is 4. The Hall–Kier alpha value is -1.11. The second kappa shape index (κ2) is 5.48. The molecule has 6 heteroatoms. The number of aryl methyl sites for hydroxylation is 1. The first-order valence-corrected chi connectivity index (χ1v) is 8.02. The van der Waals surface area contributed by atoms with Gasteiger partial charge in [-0.25, -0.2) is 13.1 Å². The molecule has 0 amide bonds. The van der Waals surface area contributed by atoms with Gasteiger partial charge in [0.25, 0.3) is 0 Å². The zero-order valence-corrected chi connectivity index (χ0v) is 12.1. The lowest BCUT2D eigenvalue weighted by molar-refractivity contribution is 0.266. The number of nitrogens with one attached hydrogen (secondary N) is 1. The van der Waals surface area contributed by atoms with Crippen LogP contribution in [0.3, 0.4) is 0 Å². The summed E-state index contributed by atoms with van der Waals surface area (Å²) in [4.78, 5) is 0.269. The Labute approximate surface area is 114 Å². The molecule has 106 valence electrons. The lowest BCUT2D eigenvalue weighted by Crippen LogP contribution is -2.26. The van der Waals surface area contributed by atoms with Crippen molar-refractivity contribution in [1.82, 2.24) is 4.72 Å². The van der Waals surface area contributed by atoms with Gasteiger partial charge in [-0.3, -0.25) is 0 Å². The van der Waals surface area contributed by atoms with Crippen molar-refractivity contribution in [2.75, 3.05) is 13.2 Å². The smallest absolute Gasteiger partial charge is 0.240 e. The summed E-state index contributed by atoms with van der Waals surface area (Å²) in [5, 5.41) is 0. The molecule has 3 N–H and O–H groups in total. The average molecular weight is 284 g/mol. The molecule has 1 atom stereocenters. The predicted octanol–water partition coefficient (Wildman–Crippen LogP) is 1.33. The number of hydrogen-bond donors (Lipinski definition) is 2. The Bertz CT molecular complexity index is 569. The molecular weight excluding hydrogens is 264 g/mol. The van der Waals surface area contributed by atoms with E-state index < -0.39 is 10.0 Å². The summed E-state index contributed by atoms with van der Waals surface area (Å²) in [5.41, 5.74) is 7.75. The van der Waals surface area contributed by atoms with Crippen LogP contribution in [0.15, 0.2) is 17.0 Å². The Morgan fingerprint density at radius 1 is 1.42 bits per heavy atom. The topological polar surface area (TPSA) is 81.4 Å². The van der Waals surface area contributed by atoms with Crippen molar-refractivity contribution in [3.8, 4) is 5.75 Å². The number of fused-ring (bicyclic) bond motifs is 1. The summed E-state index contributed by atoms with van der Waals surface area (Å²) in [5.74, 6) is 0.761. The zero-order valence-electron chi connectivity index (χ0n) is 11.3. The van der Waals surface area contributed by atoms with Crippen LogP contribution in [-0.4, -0.2) is 21.6 Å². The Morgan fingerprint density at radius 3 is 2.79 bits per heavy atom. The minimum atomic E-state index is -3.46. The van der Waals surface area contributed by atoms with Gasteiger partial charge in [0.1, 0.15) is 5.75 Å². The fourth-order valence-electron chi connectivity index (χ4n) is 2.27. The van der Waals surface area contributed by atoms with Crippen LogP contribution in [0.25, 0.3) is 0 Å². The van der Waals surface area contributed by atoms with Gasteiger partial charge in [0.2, 0.25) is 10.0 Å². The van der Waals surface area contributed by atoms with E-state index in [1.165, 1.54) is 0 Å². The third-order valence-electron chi connectivity index (χ3n) is 3.27. The van der Waals surface area contributed by atoms with E-state index in [0.717, 1.165) is 16.9 Å². The zero-order chi connectivity index (χ0) is 14.0. The van der Waals surface area contributed by atoms with E-state index in [2.05, 4.69) is 4.72 Å². The SMILES string of the molecule is CCNS(=O)(=O)c1cc(CC)c2c(c1)C(N)CCO2. The highest BCUT2D eigenvalue weighted by Gasteiger charge is 2.24. The summed E-state index contributed by atoms with van der Waals surface area (Å²) in [6, 6.07) is 3.15. The number of benzene rings is 1. The van der Waals surface area contributed by atoms with Crippen LogP contribution in [0.5, 0.6) is 5.75 Å². The highest BCUT2D eigenvalue weighted by Crippen LogP contribution is 2.36. The molecule has 0 aliphatic carbocycles. The molecule has 1 unspecified atom stereocenters. The summed E-state index contributed by atoms with van der Waals surface area (Å²) >= 11 is 0. The van der Waals surface area contributed by atoms with Crippen molar-refractivity contribution in [3.63, 3.8) is 0 Å². The first kappa shape index (κ1) is 14.3. The molecule has 2 rings (SSSR count). The maximum atomic E-state index is 12.1. The molecule has 0 fully saturated rings. The van der Waals surface area contributed by atoms with Gasteiger partial charge in [-0.2, -0.15) is 0 Å². The van der Waals surface area contributed by atoms with Crippen molar-refractivity contribution in [2.45, 2.75) is 37.6 Å². The summed E-state index contributed by atoms with van der Waals surface area (Å²) in [6.07, 6.45) is 1.42. The Morgan fingerprint density at radius 2 is 2.16 bits per heavy atom. The van der Waals surface area contributed by atoms with E-state index in [4.69, 9.17) is 10.5 Å². The van der Waals surface area contributed by atoms with Gasteiger partial charge in [0, 0.05) is 24.6 Å². The second-order valence-corrected chi connectivity index (χ2v) is 6.37. The fourth-order valence-corrected chi connectivity index (χ4v) is 3.40. The predicted molar refractivity (Wildman–Crippen MR) is 73.7 cm³/mol. The van der Waals surface area contributed by atoms with Crippen molar-refractivity contribution in [2.24, 2.45) is 5.73 Å². The van der Waals surface area contributed by atoms with Crippen LogP contribution in [0, 0.1) is 0 Å². The normalized spacial score (nSPS) is 18.8. The molecular formula is C13H20N2O3S. The van der Waals surface area contributed by atoms with Crippen LogP contribution in [0.4, 0.5) is 0 Å². The molecule has 1 aliphatic heterocycles. The molecule has 0 radical (unpaired) electrons. The van der Waals surface area contributed by atoms with Crippen LogP contribution in [0.2, 0.25) is 0 Å². The van der Waals surface area contributed by atoms with Crippen molar-refractivity contribution in [1.29, 1.82) is 0 Å². The molecule has 1 heterocycles. The van der Waals surface area contributed by atoms with Gasteiger partial charge in [0.15, 0.2) is 0 Å². The van der Waals surface area contributed by atoms with Gasteiger partial charge >= 0.3 is 0 Å². The van der Waals surface area contributed by atoms with Gasteiger partial charge in [-0.05, 0) is 24.1 Å². The van der Waals surface area contributed by atoms with Crippen LogP contribution in [0.1, 0.15) is 37.4 Å². The molecule has 1 aliphatic rings. The minimum absolute atomic E-state index is 0.161. The molecule has 0 saturated carbocycles. The van der Waals surface area contributed by atoms with Crippen LogP contribution >= 0.6 is 0 Å².